The number of hydrogen-bond acceptors (Lipinski definition) is 2. The number of esters is 1. The van der Waals surface area contributed by atoms with E-state index in [0.717, 1.165) is 55.8 Å². The minimum Gasteiger partial charge on any atom is -0.462 e. The molecule has 0 amide bonds. The molecule has 0 saturated heterocycles. The fraction of sp³-hybridized carbons (Fsp3) is 0.800. The van der Waals surface area contributed by atoms with E-state index in [2.05, 4.69) is 78.0 Å². The largest absolute Gasteiger partial charge is 0.462 e. The fourth-order valence-corrected chi connectivity index (χ4v) is 10.4. The maximum atomic E-state index is 12.8. The summed E-state index contributed by atoms with van der Waals surface area (Å²) in [5.41, 5.74) is 4.09. The Labute approximate surface area is 291 Å². The molecule has 3 fully saturated rings. The maximum Gasteiger partial charge on any atom is 0.306 e. The van der Waals surface area contributed by atoms with Crippen LogP contribution in [0.4, 0.5) is 0 Å². The smallest absolute Gasteiger partial charge is 0.306 e. The molecule has 0 unspecified atom stereocenters. The fourth-order valence-electron chi connectivity index (χ4n) is 10.4. The molecule has 4 rings (SSSR count). The molecule has 0 radical (unpaired) electrons. The van der Waals surface area contributed by atoms with Gasteiger partial charge in [-0.3, -0.25) is 4.79 Å². The predicted octanol–water partition coefficient (Wildman–Crippen LogP) is 13.7. The highest BCUT2D eigenvalue weighted by atomic mass is 16.5. The van der Waals surface area contributed by atoms with Gasteiger partial charge in [0.25, 0.3) is 0 Å². The van der Waals surface area contributed by atoms with E-state index >= 15 is 0 Å². The second-order valence-electron chi connectivity index (χ2n) is 17.2. The number of rotatable bonds is 20. The minimum atomic E-state index is 0.0323. The molecular weight excluding hydrogens is 572 g/mol. The maximum absolute atomic E-state index is 12.8. The Morgan fingerprint density at radius 2 is 1.53 bits per heavy atom. The first-order valence-electron chi connectivity index (χ1n) is 20.6. The summed E-state index contributed by atoms with van der Waals surface area (Å²) in [5.74, 6) is 4.06. The summed E-state index contributed by atoms with van der Waals surface area (Å²) in [6, 6.07) is 0. The van der Waals surface area contributed by atoms with E-state index in [4.69, 9.17) is 4.74 Å². The van der Waals surface area contributed by atoms with Crippen LogP contribution in [-0.2, 0) is 9.53 Å². The molecular formula is C45H74O2. The molecule has 4 aliphatic rings. The van der Waals surface area contributed by atoms with E-state index in [1.54, 1.807) is 11.1 Å². The van der Waals surface area contributed by atoms with Crippen molar-refractivity contribution in [1.82, 2.24) is 0 Å². The Kier molecular flexibility index (Phi) is 15.4. The van der Waals surface area contributed by atoms with E-state index in [9.17, 15) is 4.79 Å². The Morgan fingerprint density at radius 1 is 0.809 bits per heavy atom. The molecule has 7 atom stereocenters. The molecule has 47 heavy (non-hydrogen) atoms. The van der Waals surface area contributed by atoms with Crippen molar-refractivity contribution in [3.63, 3.8) is 0 Å². The molecule has 2 nitrogen and oxygen atoms in total. The molecule has 4 aliphatic carbocycles. The van der Waals surface area contributed by atoms with Crippen molar-refractivity contribution >= 4 is 5.97 Å². The summed E-state index contributed by atoms with van der Waals surface area (Å²) < 4.78 is 6.10. The molecule has 0 aromatic carbocycles. The zero-order chi connectivity index (χ0) is 33.7. The van der Waals surface area contributed by atoms with Crippen LogP contribution < -0.4 is 0 Å². The number of hydrogen-bond donors (Lipinski definition) is 0. The van der Waals surface area contributed by atoms with Crippen molar-refractivity contribution in [3.05, 3.63) is 47.6 Å². The van der Waals surface area contributed by atoms with E-state index in [1.165, 1.54) is 103 Å². The van der Waals surface area contributed by atoms with E-state index < -0.39 is 0 Å². The molecule has 3 saturated carbocycles. The minimum absolute atomic E-state index is 0.0323. The lowest BCUT2D eigenvalue weighted by molar-refractivity contribution is -0.151. The third kappa shape index (κ3) is 10.5. The molecule has 0 spiro atoms. The van der Waals surface area contributed by atoms with Gasteiger partial charge in [0.1, 0.15) is 6.10 Å². The van der Waals surface area contributed by atoms with Crippen molar-refractivity contribution in [1.29, 1.82) is 0 Å². The standard InChI is InChI=1S/C45H74O2/c1-7-8-9-10-11-12-13-14-15-16-17-18-19-20-21-25-43(46)47-38-30-32-44(5)37(34-38)26-27-39-41-29-28-40(36(4)24-22-23-35(2)3)45(41,6)33-31-42(39)44/h11-12,14-15,26-27,35-36,38,40-42H,7-10,13,16-25,28-34H2,1-6H3/t36-,38+,40-,41+,42+,44+,45-/m1/s1. The molecule has 0 heterocycles. The quantitative estimate of drug-likeness (QED) is 0.0747. The number of ether oxygens (including phenoxy) is 1. The summed E-state index contributed by atoms with van der Waals surface area (Å²) in [7, 11) is 0. The van der Waals surface area contributed by atoms with Crippen molar-refractivity contribution in [2.24, 2.45) is 40.4 Å². The Morgan fingerprint density at radius 3 is 2.28 bits per heavy atom. The first-order chi connectivity index (χ1) is 22.7. The number of carbonyl (C=O) groups excluding carboxylic acids is 1. The van der Waals surface area contributed by atoms with Crippen molar-refractivity contribution in [2.45, 2.75) is 189 Å². The van der Waals surface area contributed by atoms with E-state index in [-0.39, 0.29) is 17.5 Å². The van der Waals surface area contributed by atoms with Crippen LogP contribution in [0, 0.1) is 40.4 Å². The average Bonchev–Trinajstić information content (AvgIpc) is 3.40. The van der Waals surface area contributed by atoms with Crippen molar-refractivity contribution in [2.75, 3.05) is 0 Å². The summed E-state index contributed by atoms with van der Waals surface area (Å²) in [5, 5.41) is 0. The van der Waals surface area contributed by atoms with Crippen LogP contribution >= 0.6 is 0 Å². The average molecular weight is 647 g/mol. The summed E-state index contributed by atoms with van der Waals surface area (Å²) in [6.45, 7) is 14.8. The summed E-state index contributed by atoms with van der Waals surface area (Å²) in [4.78, 5) is 12.8. The third-order valence-electron chi connectivity index (χ3n) is 13.4. The van der Waals surface area contributed by atoms with Gasteiger partial charge in [-0.25, -0.2) is 0 Å². The molecule has 0 aromatic heterocycles. The lowest BCUT2D eigenvalue weighted by Gasteiger charge is -2.55. The normalized spacial score (nSPS) is 31.0. The summed E-state index contributed by atoms with van der Waals surface area (Å²) >= 11 is 0. The first-order valence-corrected chi connectivity index (χ1v) is 20.6. The highest BCUT2D eigenvalue weighted by Gasteiger charge is 2.57. The van der Waals surface area contributed by atoms with Crippen LogP contribution in [0.25, 0.3) is 0 Å². The zero-order valence-corrected chi connectivity index (χ0v) is 31.8. The van der Waals surface area contributed by atoms with Crippen LogP contribution in [0.15, 0.2) is 47.6 Å². The van der Waals surface area contributed by atoms with Gasteiger partial charge in [-0.05, 0) is 117 Å². The second-order valence-corrected chi connectivity index (χ2v) is 17.2. The van der Waals surface area contributed by atoms with Gasteiger partial charge in [-0.15, -0.1) is 0 Å². The SMILES string of the molecule is CCCCCC=CCC=CCCCCCCCC(=O)O[C@H]1CC[C@@]2(C)C(=CC=C3[C@@H]4CC[C@H]([C@H](C)CCCC(C)C)[C@@]4(C)CC[C@@H]32)C1. The molecule has 0 bridgehead atoms. The molecule has 0 aliphatic heterocycles. The Hall–Kier alpha value is -1.57. The molecule has 266 valence electrons. The zero-order valence-electron chi connectivity index (χ0n) is 31.8. The first kappa shape index (κ1) is 38.2. The van der Waals surface area contributed by atoms with Gasteiger partial charge in [0, 0.05) is 12.8 Å². The van der Waals surface area contributed by atoms with Gasteiger partial charge in [0.05, 0.1) is 0 Å². The topological polar surface area (TPSA) is 26.3 Å². The number of allylic oxidation sites excluding steroid dienone is 7. The second kappa shape index (κ2) is 19.0. The summed E-state index contributed by atoms with van der Waals surface area (Å²) in [6.07, 6.45) is 41.2. The Balaban J connectivity index is 1.15. The number of carbonyl (C=O) groups is 1. The van der Waals surface area contributed by atoms with Crippen molar-refractivity contribution in [3.8, 4) is 0 Å². The molecule has 0 N–H and O–H groups in total. The van der Waals surface area contributed by atoms with Crippen LogP contribution in [0.5, 0.6) is 0 Å². The third-order valence-corrected chi connectivity index (χ3v) is 13.4. The van der Waals surface area contributed by atoms with Gasteiger partial charge in [-0.2, -0.15) is 0 Å². The van der Waals surface area contributed by atoms with Crippen molar-refractivity contribution < 1.29 is 9.53 Å². The number of unbranched alkanes of at least 4 members (excludes halogenated alkanes) is 8. The van der Waals surface area contributed by atoms with Gasteiger partial charge < -0.3 is 4.74 Å². The van der Waals surface area contributed by atoms with E-state index in [1.807, 2.05) is 0 Å². The molecule has 2 heteroatoms. The van der Waals surface area contributed by atoms with Crippen LogP contribution in [-0.4, -0.2) is 12.1 Å². The Bertz CT molecular complexity index is 1080. The van der Waals surface area contributed by atoms with Gasteiger partial charge >= 0.3 is 5.97 Å². The van der Waals surface area contributed by atoms with Gasteiger partial charge in [0.15, 0.2) is 0 Å². The van der Waals surface area contributed by atoms with E-state index in [0.29, 0.717) is 17.8 Å². The number of fused-ring (bicyclic) bond motifs is 5. The predicted molar refractivity (Wildman–Crippen MR) is 202 cm³/mol. The lowest BCUT2D eigenvalue weighted by Crippen LogP contribution is -2.46. The monoisotopic (exact) mass is 647 g/mol. The highest BCUT2D eigenvalue weighted by molar-refractivity contribution is 5.69. The van der Waals surface area contributed by atoms with Crippen LogP contribution in [0.1, 0.15) is 183 Å². The van der Waals surface area contributed by atoms with Crippen LogP contribution in [0.2, 0.25) is 0 Å². The lowest BCUT2D eigenvalue weighted by atomic mass is 9.50. The highest BCUT2D eigenvalue weighted by Crippen LogP contribution is 2.66. The molecule has 0 aromatic rings. The van der Waals surface area contributed by atoms with Gasteiger partial charge in [0.2, 0.25) is 0 Å². The van der Waals surface area contributed by atoms with Gasteiger partial charge in [-0.1, -0.05) is 141 Å². The van der Waals surface area contributed by atoms with Crippen LogP contribution in [0.3, 0.4) is 0 Å².